The predicted octanol–water partition coefficient (Wildman–Crippen LogP) is 4.43. The average molecular weight is 470 g/mol. The molecule has 5 rings (SSSR count). The van der Waals surface area contributed by atoms with Crippen LogP contribution in [-0.2, 0) is 0 Å². The van der Waals surface area contributed by atoms with Gasteiger partial charge >= 0.3 is 0 Å². The van der Waals surface area contributed by atoms with E-state index >= 15 is 0 Å². The Hall–Kier alpha value is -2.68. The summed E-state index contributed by atoms with van der Waals surface area (Å²) in [4.78, 5) is 19.0. The van der Waals surface area contributed by atoms with E-state index in [2.05, 4.69) is 25.4 Å². The van der Waals surface area contributed by atoms with Crippen molar-refractivity contribution in [2.75, 3.05) is 54.9 Å². The molecule has 2 N–H and O–H groups in total. The number of rotatable bonds is 8. The van der Waals surface area contributed by atoms with Crippen molar-refractivity contribution in [3.8, 4) is 5.75 Å². The molecule has 3 heterocycles. The molecule has 3 aliphatic rings. The van der Waals surface area contributed by atoms with E-state index in [0.29, 0.717) is 42.1 Å². The molecule has 1 saturated carbocycles. The summed E-state index contributed by atoms with van der Waals surface area (Å²) in [5, 5.41) is 6.65. The largest absolute Gasteiger partial charge is 0.491 e. The van der Waals surface area contributed by atoms with Gasteiger partial charge in [0, 0.05) is 44.0 Å². The zero-order chi connectivity index (χ0) is 23.3. The zero-order valence-electron chi connectivity index (χ0n) is 20.1. The lowest BCUT2D eigenvalue weighted by Crippen LogP contribution is -2.50. The van der Waals surface area contributed by atoms with Gasteiger partial charge in [-0.2, -0.15) is 15.0 Å². The highest BCUT2D eigenvalue weighted by atomic mass is 19.1. The van der Waals surface area contributed by atoms with Crippen LogP contribution in [0, 0.1) is 11.7 Å². The van der Waals surface area contributed by atoms with Crippen LogP contribution in [0.2, 0.25) is 0 Å². The third kappa shape index (κ3) is 5.51. The molecule has 1 atom stereocenters. The Morgan fingerprint density at radius 3 is 2.68 bits per heavy atom. The lowest BCUT2D eigenvalue weighted by molar-refractivity contribution is 0.229. The first-order valence-corrected chi connectivity index (χ1v) is 12.9. The smallest absolute Gasteiger partial charge is 0.233 e. The number of aromatic nitrogens is 3. The fourth-order valence-electron chi connectivity index (χ4n) is 5.42. The van der Waals surface area contributed by atoms with E-state index in [-0.39, 0.29) is 5.75 Å². The Labute approximate surface area is 201 Å². The summed E-state index contributed by atoms with van der Waals surface area (Å²) >= 11 is 0. The molecule has 2 aliphatic heterocycles. The number of hydrogen-bond donors (Lipinski definition) is 2. The van der Waals surface area contributed by atoms with E-state index in [9.17, 15) is 4.39 Å². The standard InChI is InChI=1S/C25H36FN7O/c1-2-34-22-11-10-19(15-21(22)26)28-24-29-23(27-16-18-7-4-3-5-8-18)30-25(31-24)33-14-13-32-12-6-9-20(32)17-33/h10-11,15,18,20H,2-9,12-14,16-17H2,1H3,(H2,27,28,29,30,31). The van der Waals surface area contributed by atoms with Crippen LogP contribution < -0.4 is 20.3 Å². The lowest BCUT2D eigenvalue weighted by atomic mass is 9.89. The normalized spacial score (nSPS) is 21.4. The number of benzene rings is 1. The zero-order valence-corrected chi connectivity index (χ0v) is 20.1. The van der Waals surface area contributed by atoms with Crippen LogP contribution in [0.3, 0.4) is 0 Å². The molecule has 184 valence electrons. The van der Waals surface area contributed by atoms with Crippen molar-refractivity contribution >= 4 is 23.5 Å². The van der Waals surface area contributed by atoms with Gasteiger partial charge in [-0.05, 0) is 57.2 Å². The topological polar surface area (TPSA) is 78.4 Å². The van der Waals surface area contributed by atoms with Crippen LogP contribution in [0.5, 0.6) is 5.75 Å². The monoisotopic (exact) mass is 469 g/mol. The van der Waals surface area contributed by atoms with Crippen LogP contribution in [0.1, 0.15) is 51.9 Å². The van der Waals surface area contributed by atoms with Gasteiger partial charge in [0.1, 0.15) is 0 Å². The van der Waals surface area contributed by atoms with Crippen LogP contribution in [0.4, 0.5) is 27.9 Å². The minimum atomic E-state index is -0.408. The minimum Gasteiger partial charge on any atom is -0.491 e. The van der Waals surface area contributed by atoms with Crippen molar-refractivity contribution in [3.05, 3.63) is 24.0 Å². The molecule has 9 heteroatoms. The number of piperazine rings is 1. The summed E-state index contributed by atoms with van der Waals surface area (Å²) < 4.78 is 19.7. The van der Waals surface area contributed by atoms with Gasteiger partial charge in [0.2, 0.25) is 17.8 Å². The van der Waals surface area contributed by atoms with E-state index < -0.39 is 5.82 Å². The third-order valence-electron chi connectivity index (χ3n) is 7.26. The van der Waals surface area contributed by atoms with Crippen molar-refractivity contribution < 1.29 is 9.13 Å². The highest BCUT2D eigenvalue weighted by molar-refractivity contribution is 5.57. The van der Waals surface area contributed by atoms with Gasteiger partial charge in [-0.3, -0.25) is 4.90 Å². The molecule has 1 unspecified atom stereocenters. The quantitative estimate of drug-likeness (QED) is 0.588. The minimum absolute atomic E-state index is 0.244. The van der Waals surface area contributed by atoms with Crippen LogP contribution in [0.25, 0.3) is 0 Å². The van der Waals surface area contributed by atoms with Gasteiger partial charge in [0.15, 0.2) is 11.6 Å². The van der Waals surface area contributed by atoms with Crippen LogP contribution in [-0.4, -0.2) is 65.2 Å². The van der Waals surface area contributed by atoms with Crippen molar-refractivity contribution in [2.24, 2.45) is 5.92 Å². The maximum absolute atomic E-state index is 14.4. The first-order chi connectivity index (χ1) is 16.7. The van der Waals surface area contributed by atoms with E-state index in [1.807, 2.05) is 6.92 Å². The highest BCUT2D eigenvalue weighted by Gasteiger charge is 2.32. The number of halogens is 1. The second-order valence-electron chi connectivity index (χ2n) is 9.65. The number of nitrogens with zero attached hydrogens (tertiary/aromatic N) is 5. The number of anilines is 4. The Bertz CT molecular complexity index is 968. The first-order valence-electron chi connectivity index (χ1n) is 12.9. The number of hydrogen-bond acceptors (Lipinski definition) is 8. The summed E-state index contributed by atoms with van der Waals surface area (Å²) in [6.45, 7) is 7.20. The third-order valence-corrected chi connectivity index (χ3v) is 7.26. The Balaban J connectivity index is 1.35. The Morgan fingerprint density at radius 1 is 1.00 bits per heavy atom. The second-order valence-corrected chi connectivity index (χ2v) is 9.65. The lowest BCUT2D eigenvalue weighted by Gasteiger charge is -2.37. The van der Waals surface area contributed by atoms with Crippen molar-refractivity contribution in [3.63, 3.8) is 0 Å². The summed E-state index contributed by atoms with van der Waals surface area (Å²) in [6, 6.07) is 5.40. The van der Waals surface area contributed by atoms with Gasteiger partial charge in [-0.25, -0.2) is 4.39 Å². The highest BCUT2D eigenvalue weighted by Crippen LogP contribution is 2.28. The SMILES string of the molecule is CCOc1ccc(Nc2nc(NCC3CCCCC3)nc(N3CCN4CCCC4C3)n2)cc1F. The second kappa shape index (κ2) is 10.7. The molecule has 34 heavy (non-hydrogen) atoms. The first kappa shape index (κ1) is 23.1. The molecule has 8 nitrogen and oxygen atoms in total. The molecule has 1 aliphatic carbocycles. The van der Waals surface area contributed by atoms with E-state index in [0.717, 1.165) is 26.2 Å². The maximum atomic E-state index is 14.4. The molecule has 0 amide bonds. The van der Waals surface area contributed by atoms with Gasteiger partial charge in [-0.15, -0.1) is 0 Å². The van der Waals surface area contributed by atoms with Gasteiger partial charge in [-0.1, -0.05) is 19.3 Å². The fourth-order valence-corrected chi connectivity index (χ4v) is 5.42. The molecule has 0 radical (unpaired) electrons. The molecule has 2 saturated heterocycles. The predicted molar refractivity (Wildman–Crippen MR) is 133 cm³/mol. The number of ether oxygens (including phenoxy) is 1. The van der Waals surface area contributed by atoms with E-state index in [4.69, 9.17) is 14.7 Å². The van der Waals surface area contributed by atoms with Crippen LogP contribution in [0.15, 0.2) is 18.2 Å². The summed E-state index contributed by atoms with van der Waals surface area (Å²) in [6.07, 6.45) is 8.95. The molecular weight excluding hydrogens is 433 g/mol. The molecule has 2 aromatic rings. The van der Waals surface area contributed by atoms with Crippen molar-refractivity contribution in [2.45, 2.75) is 57.9 Å². The Morgan fingerprint density at radius 2 is 1.85 bits per heavy atom. The van der Waals surface area contributed by atoms with Crippen molar-refractivity contribution in [1.29, 1.82) is 0 Å². The molecule has 0 bridgehead atoms. The van der Waals surface area contributed by atoms with Crippen LogP contribution >= 0.6 is 0 Å². The van der Waals surface area contributed by atoms with E-state index in [1.54, 1.807) is 12.1 Å². The molecule has 3 fully saturated rings. The number of fused-ring (bicyclic) bond motifs is 1. The summed E-state index contributed by atoms with van der Waals surface area (Å²) in [5.74, 6) is 2.18. The van der Waals surface area contributed by atoms with E-state index in [1.165, 1.54) is 57.6 Å². The van der Waals surface area contributed by atoms with Gasteiger partial charge < -0.3 is 20.3 Å². The molecule has 1 aromatic carbocycles. The van der Waals surface area contributed by atoms with Crippen molar-refractivity contribution in [1.82, 2.24) is 19.9 Å². The molecule has 1 aromatic heterocycles. The van der Waals surface area contributed by atoms with Gasteiger partial charge in [0.25, 0.3) is 0 Å². The fraction of sp³-hybridized carbons (Fsp3) is 0.640. The molecular formula is C25H36FN7O. The maximum Gasteiger partial charge on any atom is 0.233 e. The van der Waals surface area contributed by atoms with Gasteiger partial charge in [0.05, 0.1) is 6.61 Å². The summed E-state index contributed by atoms with van der Waals surface area (Å²) in [7, 11) is 0. The average Bonchev–Trinajstić information content (AvgIpc) is 3.33. The molecule has 0 spiro atoms. The number of nitrogens with one attached hydrogen (secondary N) is 2. The Kier molecular flexibility index (Phi) is 7.27. The summed E-state index contributed by atoms with van der Waals surface area (Å²) in [5.41, 5.74) is 0.581.